The number of aromatic nitrogens is 3. The first-order valence-corrected chi connectivity index (χ1v) is 4.22. The van der Waals surface area contributed by atoms with Crippen LogP contribution in [-0.2, 0) is 14.1 Å². The molecule has 0 amide bonds. The first-order valence-electron chi connectivity index (χ1n) is 4.22. The number of rotatable bonds is 1. The molecule has 0 N–H and O–H groups in total. The summed E-state index contributed by atoms with van der Waals surface area (Å²) in [4.78, 5) is 0. The predicted octanol–water partition coefficient (Wildman–Crippen LogP) is 0.912. The molecule has 0 aliphatic carbocycles. The van der Waals surface area contributed by atoms with Gasteiger partial charge in [-0.25, -0.2) is 0 Å². The lowest BCUT2D eigenvalue weighted by Gasteiger charge is -1.98. The average molecular weight is 174 g/mol. The van der Waals surface area contributed by atoms with Gasteiger partial charge in [-0.3, -0.25) is 4.68 Å². The van der Waals surface area contributed by atoms with Gasteiger partial charge < -0.3 is 0 Å². The molecule has 2 aromatic rings. The van der Waals surface area contributed by atoms with Gasteiger partial charge in [0.25, 0.3) is 0 Å². The summed E-state index contributed by atoms with van der Waals surface area (Å²) in [7, 11) is 3.98. The van der Waals surface area contributed by atoms with E-state index in [4.69, 9.17) is 0 Å². The van der Waals surface area contributed by atoms with E-state index in [2.05, 4.69) is 15.7 Å². The summed E-state index contributed by atoms with van der Waals surface area (Å²) in [6, 6.07) is 8.13. The third-order valence-electron chi connectivity index (χ3n) is 2.14. The highest BCUT2D eigenvalue weighted by molar-refractivity contribution is 5.49. The smallest absolute Gasteiger partial charge is 0.230 e. The second-order valence-electron chi connectivity index (χ2n) is 3.04. The van der Waals surface area contributed by atoms with Crippen LogP contribution in [0.15, 0.2) is 36.7 Å². The first kappa shape index (κ1) is 7.98. The van der Waals surface area contributed by atoms with Crippen molar-refractivity contribution in [3.63, 3.8) is 0 Å². The van der Waals surface area contributed by atoms with Gasteiger partial charge in [0, 0.05) is 25.4 Å². The van der Waals surface area contributed by atoms with Gasteiger partial charge >= 0.3 is 0 Å². The van der Waals surface area contributed by atoms with Gasteiger partial charge in [-0.1, -0.05) is 0 Å². The molecule has 0 saturated heterocycles. The maximum absolute atomic E-state index is 4.14. The second kappa shape index (κ2) is 3.01. The number of hydrogen-bond acceptors (Lipinski definition) is 1. The minimum atomic E-state index is 1.13. The van der Waals surface area contributed by atoms with Crippen molar-refractivity contribution in [2.75, 3.05) is 0 Å². The van der Waals surface area contributed by atoms with E-state index in [0.29, 0.717) is 0 Å². The molecule has 0 radical (unpaired) electrons. The lowest BCUT2D eigenvalue weighted by atomic mass is 10.2. The molecule has 0 bridgehead atoms. The third kappa shape index (κ3) is 1.33. The van der Waals surface area contributed by atoms with Crippen molar-refractivity contribution in [3.05, 3.63) is 36.7 Å². The highest BCUT2D eigenvalue weighted by Crippen LogP contribution is 2.11. The van der Waals surface area contributed by atoms with Crippen LogP contribution in [-0.4, -0.2) is 9.78 Å². The molecule has 2 rings (SSSR count). The fourth-order valence-electron chi connectivity index (χ4n) is 1.41. The van der Waals surface area contributed by atoms with Crippen LogP contribution >= 0.6 is 0 Å². The molecule has 0 aliphatic heterocycles. The zero-order valence-electron chi connectivity index (χ0n) is 7.81. The van der Waals surface area contributed by atoms with Crippen LogP contribution in [0.4, 0.5) is 0 Å². The Morgan fingerprint density at radius 2 is 2.15 bits per heavy atom. The Kier molecular flexibility index (Phi) is 1.85. The van der Waals surface area contributed by atoms with Crippen molar-refractivity contribution in [1.82, 2.24) is 9.78 Å². The number of aryl methyl sites for hydroxylation is 2. The minimum absolute atomic E-state index is 1.13. The van der Waals surface area contributed by atoms with E-state index in [1.165, 1.54) is 5.69 Å². The van der Waals surface area contributed by atoms with Crippen molar-refractivity contribution in [3.8, 4) is 11.4 Å². The summed E-state index contributed by atoms with van der Waals surface area (Å²) in [6.45, 7) is 0. The van der Waals surface area contributed by atoms with Gasteiger partial charge in [-0.15, -0.1) is 0 Å². The zero-order valence-corrected chi connectivity index (χ0v) is 7.81. The zero-order chi connectivity index (χ0) is 9.26. The summed E-state index contributed by atoms with van der Waals surface area (Å²) in [5.41, 5.74) is 2.30. The topological polar surface area (TPSA) is 21.7 Å². The molecule has 0 spiro atoms. The highest BCUT2D eigenvalue weighted by atomic mass is 15.3. The Morgan fingerprint density at radius 1 is 1.31 bits per heavy atom. The molecular formula is C10H12N3+. The second-order valence-corrected chi connectivity index (χ2v) is 3.04. The minimum Gasteiger partial charge on any atom is -0.262 e. The van der Waals surface area contributed by atoms with E-state index in [1.54, 1.807) is 0 Å². The standard InChI is InChI=1S/C10H12N3/c1-12-8-4-3-5-9(12)10-6-7-11-13(10)2/h3-8H,1-2H3/q+1. The molecular weight excluding hydrogens is 162 g/mol. The van der Waals surface area contributed by atoms with Crippen LogP contribution in [0, 0.1) is 0 Å². The van der Waals surface area contributed by atoms with E-state index in [1.807, 2.05) is 49.4 Å². The summed E-state index contributed by atoms with van der Waals surface area (Å²) >= 11 is 0. The fourth-order valence-corrected chi connectivity index (χ4v) is 1.41. The maximum atomic E-state index is 4.14. The summed E-state index contributed by atoms with van der Waals surface area (Å²) in [6.07, 6.45) is 3.84. The summed E-state index contributed by atoms with van der Waals surface area (Å²) in [5, 5.41) is 4.14. The van der Waals surface area contributed by atoms with E-state index in [9.17, 15) is 0 Å². The Morgan fingerprint density at radius 3 is 2.77 bits per heavy atom. The molecule has 3 heteroatoms. The summed E-state index contributed by atoms with van der Waals surface area (Å²) in [5.74, 6) is 0. The van der Waals surface area contributed by atoms with Crippen molar-refractivity contribution < 1.29 is 4.57 Å². The van der Waals surface area contributed by atoms with Crippen molar-refractivity contribution in [2.24, 2.45) is 14.1 Å². The molecule has 2 heterocycles. The van der Waals surface area contributed by atoms with Crippen molar-refractivity contribution in [1.29, 1.82) is 0 Å². The number of hydrogen-bond donors (Lipinski definition) is 0. The van der Waals surface area contributed by atoms with E-state index < -0.39 is 0 Å². The molecule has 13 heavy (non-hydrogen) atoms. The lowest BCUT2D eigenvalue weighted by Crippen LogP contribution is -2.30. The Balaban J connectivity index is 2.59. The Bertz CT molecular complexity index is 418. The van der Waals surface area contributed by atoms with Gasteiger partial charge in [0.1, 0.15) is 12.7 Å². The van der Waals surface area contributed by atoms with Gasteiger partial charge in [0.15, 0.2) is 6.20 Å². The Labute approximate surface area is 77.3 Å². The quantitative estimate of drug-likeness (QED) is 0.589. The number of pyridine rings is 1. The van der Waals surface area contributed by atoms with Crippen LogP contribution in [0.2, 0.25) is 0 Å². The molecule has 0 unspecified atom stereocenters. The van der Waals surface area contributed by atoms with E-state index in [-0.39, 0.29) is 0 Å². The first-order chi connectivity index (χ1) is 6.29. The molecule has 0 aliphatic rings. The Hall–Kier alpha value is -1.64. The largest absolute Gasteiger partial charge is 0.262 e. The fraction of sp³-hybridized carbons (Fsp3) is 0.200. The number of nitrogens with zero attached hydrogens (tertiary/aromatic N) is 3. The van der Waals surface area contributed by atoms with Gasteiger partial charge in [0.05, 0.1) is 0 Å². The molecule has 0 aromatic carbocycles. The molecule has 2 aromatic heterocycles. The molecule has 0 atom stereocenters. The van der Waals surface area contributed by atoms with Crippen LogP contribution in [0.3, 0.4) is 0 Å². The SMILES string of the molecule is Cn1nccc1-c1cccc[n+]1C. The van der Waals surface area contributed by atoms with Crippen LogP contribution in [0.5, 0.6) is 0 Å². The van der Waals surface area contributed by atoms with Gasteiger partial charge in [-0.2, -0.15) is 9.67 Å². The normalized spacial score (nSPS) is 10.3. The van der Waals surface area contributed by atoms with Gasteiger partial charge in [0.2, 0.25) is 5.69 Å². The lowest BCUT2D eigenvalue weighted by molar-refractivity contribution is -0.660. The van der Waals surface area contributed by atoms with Crippen molar-refractivity contribution >= 4 is 0 Å². The third-order valence-corrected chi connectivity index (χ3v) is 2.14. The van der Waals surface area contributed by atoms with Crippen molar-refractivity contribution in [2.45, 2.75) is 0 Å². The van der Waals surface area contributed by atoms with Gasteiger partial charge in [-0.05, 0) is 12.1 Å². The molecule has 0 saturated carbocycles. The van der Waals surface area contributed by atoms with Crippen LogP contribution < -0.4 is 4.57 Å². The highest BCUT2D eigenvalue weighted by Gasteiger charge is 2.10. The molecule has 0 fully saturated rings. The van der Waals surface area contributed by atoms with E-state index >= 15 is 0 Å². The maximum Gasteiger partial charge on any atom is 0.230 e. The predicted molar refractivity (Wildman–Crippen MR) is 49.8 cm³/mol. The summed E-state index contributed by atoms with van der Waals surface area (Å²) < 4.78 is 3.95. The van der Waals surface area contributed by atoms with Crippen LogP contribution in [0.1, 0.15) is 0 Å². The molecule has 66 valence electrons. The monoisotopic (exact) mass is 174 g/mol. The molecule has 3 nitrogen and oxygen atoms in total. The average Bonchev–Trinajstić information content (AvgIpc) is 2.52. The van der Waals surface area contributed by atoms with E-state index in [0.717, 1.165) is 5.69 Å². The van der Waals surface area contributed by atoms with Crippen LogP contribution in [0.25, 0.3) is 11.4 Å².